The highest BCUT2D eigenvalue weighted by atomic mass is 127. The molecule has 0 saturated carbocycles. The van der Waals surface area contributed by atoms with E-state index in [0.29, 0.717) is 11.1 Å². The average Bonchev–Trinajstić information content (AvgIpc) is 2.47. The molecule has 0 aromatic heterocycles. The Morgan fingerprint density at radius 2 is 1.95 bits per heavy atom. The fourth-order valence-electron chi connectivity index (χ4n) is 1.75. The molecule has 0 aliphatic rings. The van der Waals surface area contributed by atoms with Crippen LogP contribution < -0.4 is 0 Å². The Bertz CT molecular complexity index is 761. The van der Waals surface area contributed by atoms with Crippen molar-refractivity contribution in [2.24, 2.45) is 0 Å². The summed E-state index contributed by atoms with van der Waals surface area (Å²) >= 11 is 2.17. The lowest BCUT2D eigenvalue weighted by molar-refractivity contribution is -0.385. The van der Waals surface area contributed by atoms with Gasteiger partial charge in [-0.25, -0.2) is 0 Å². The van der Waals surface area contributed by atoms with Crippen molar-refractivity contribution in [1.29, 1.82) is 5.26 Å². The smallest absolute Gasteiger partial charge is 0.311 e. The molecule has 6 heteroatoms. The van der Waals surface area contributed by atoms with Crippen molar-refractivity contribution in [3.8, 4) is 11.8 Å². The number of hydrogen-bond donors (Lipinski definition) is 1. The van der Waals surface area contributed by atoms with Crippen molar-refractivity contribution in [1.82, 2.24) is 0 Å². The van der Waals surface area contributed by atoms with Crippen LogP contribution in [0.1, 0.15) is 11.1 Å². The Morgan fingerprint density at radius 3 is 2.52 bits per heavy atom. The zero-order valence-electron chi connectivity index (χ0n) is 10.7. The Labute approximate surface area is 134 Å². The Morgan fingerprint density at radius 1 is 1.29 bits per heavy atom. The van der Waals surface area contributed by atoms with Gasteiger partial charge < -0.3 is 5.11 Å². The highest BCUT2D eigenvalue weighted by molar-refractivity contribution is 14.1. The second-order valence-electron chi connectivity index (χ2n) is 4.18. The van der Waals surface area contributed by atoms with Crippen LogP contribution in [-0.4, -0.2) is 10.0 Å². The number of nitriles is 1. The first kappa shape index (κ1) is 15.0. The molecule has 2 aromatic carbocycles. The predicted octanol–water partition coefficient (Wildman–Crippen LogP) is 3.97. The van der Waals surface area contributed by atoms with Gasteiger partial charge in [-0.05, 0) is 58.0 Å². The molecule has 0 spiro atoms. The van der Waals surface area contributed by atoms with Gasteiger partial charge >= 0.3 is 5.69 Å². The van der Waals surface area contributed by atoms with E-state index in [1.165, 1.54) is 18.2 Å². The maximum atomic E-state index is 10.8. The Kier molecular flexibility index (Phi) is 4.55. The van der Waals surface area contributed by atoms with Crippen molar-refractivity contribution >= 4 is 39.9 Å². The number of benzene rings is 2. The highest BCUT2D eigenvalue weighted by Gasteiger charge is 2.13. The van der Waals surface area contributed by atoms with Gasteiger partial charge in [-0.3, -0.25) is 10.1 Å². The fraction of sp³-hybridized carbons (Fsp3) is 0. The van der Waals surface area contributed by atoms with E-state index in [1.807, 2.05) is 24.3 Å². The molecule has 0 aliphatic heterocycles. The molecular weight excluding hydrogens is 383 g/mol. The zero-order valence-corrected chi connectivity index (χ0v) is 12.8. The number of allylic oxidation sites excluding steroid dienone is 1. The third-order valence-electron chi connectivity index (χ3n) is 2.78. The lowest BCUT2D eigenvalue weighted by Gasteiger charge is -2.01. The minimum atomic E-state index is -0.663. The van der Waals surface area contributed by atoms with Crippen molar-refractivity contribution in [3.05, 3.63) is 67.3 Å². The van der Waals surface area contributed by atoms with E-state index in [-0.39, 0.29) is 5.69 Å². The van der Waals surface area contributed by atoms with Crippen LogP contribution in [0.3, 0.4) is 0 Å². The molecule has 0 fully saturated rings. The third-order valence-corrected chi connectivity index (χ3v) is 3.50. The SMILES string of the molecule is N#C/C(=C/c1ccc(O)c([N+](=O)[O-])c1)c1ccc(I)cc1. The topological polar surface area (TPSA) is 87.2 Å². The standard InChI is InChI=1S/C15H9IN2O3/c16-13-4-2-11(3-5-13)12(9-17)7-10-1-6-15(19)14(8-10)18(20)21/h1-8,19H/b12-7-. The number of rotatable bonds is 3. The normalized spacial score (nSPS) is 11.0. The van der Waals surface area contributed by atoms with Crippen LogP contribution in [-0.2, 0) is 0 Å². The molecule has 5 nitrogen and oxygen atoms in total. The van der Waals surface area contributed by atoms with Gasteiger partial charge in [0.15, 0.2) is 5.75 Å². The first-order valence-electron chi connectivity index (χ1n) is 5.86. The predicted molar refractivity (Wildman–Crippen MR) is 87.4 cm³/mol. The monoisotopic (exact) mass is 392 g/mol. The van der Waals surface area contributed by atoms with Gasteiger partial charge in [-0.1, -0.05) is 18.2 Å². The quantitative estimate of drug-likeness (QED) is 0.282. The lowest BCUT2D eigenvalue weighted by atomic mass is 10.0. The summed E-state index contributed by atoms with van der Waals surface area (Å²) in [6.45, 7) is 0. The van der Waals surface area contributed by atoms with Crippen molar-refractivity contribution in [3.63, 3.8) is 0 Å². The number of halogens is 1. The van der Waals surface area contributed by atoms with Crippen LogP contribution in [0.25, 0.3) is 11.6 Å². The van der Waals surface area contributed by atoms with Crippen molar-refractivity contribution in [2.45, 2.75) is 0 Å². The van der Waals surface area contributed by atoms with Gasteiger partial charge in [0.05, 0.1) is 16.6 Å². The molecule has 2 aromatic rings. The summed E-state index contributed by atoms with van der Waals surface area (Å²) in [4.78, 5) is 10.1. The molecule has 0 saturated heterocycles. The second kappa shape index (κ2) is 6.37. The van der Waals surface area contributed by atoms with E-state index in [2.05, 4.69) is 28.7 Å². The minimum absolute atomic E-state index is 0.386. The summed E-state index contributed by atoms with van der Waals surface area (Å²) in [5, 5.41) is 29.5. The van der Waals surface area contributed by atoms with Crippen LogP contribution >= 0.6 is 22.6 Å². The summed E-state index contributed by atoms with van der Waals surface area (Å²) in [5.41, 5.74) is 1.22. The van der Waals surface area contributed by atoms with Crippen molar-refractivity contribution < 1.29 is 10.0 Å². The number of aromatic hydroxyl groups is 1. The van der Waals surface area contributed by atoms with Gasteiger partial charge in [-0.15, -0.1) is 0 Å². The third kappa shape index (κ3) is 3.58. The summed E-state index contributed by atoms with van der Waals surface area (Å²) in [6.07, 6.45) is 1.55. The number of phenols is 1. The van der Waals surface area contributed by atoms with Gasteiger partial charge in [0.1, 0.15) is 0 Å². The highest BCUT2D eigenvalue weighted by Crippen LogP contribution is 2.28. The van der Waals surface area contributed by atoms with E-state index in [9.17, 15) is 20.5 Å². The van der Waals surface area contributed by atoms with Gasteiger partial charge in [0, 0.05) is 9.64 Å². The first-order valence-corrected chi connectivity index (χ1v) is 6.94. The molecule has 2 rings (SSSR count). The largest absolute Gasteiger partial charge is 0.502 e. The molecule has 0 heterocycles. The number of nitrogens with zero attached hydrogens (tertiary/aromatic N) is 2. The molecule has 0 unspecified atom stereocenters. The summed E-state index contributed by atoms with van der Waals surface area (Å²) in [6, 6.07) is 13.4. The van der Waals surface area contributed by atoms with Crippen LogP contribution in [0.15, 0.2) is 42.5 Å². The zero-order chi connectivity index (χ0) is 15.4. The number of phenolic OH excluding ortho intramolecular Hbond substituents is 1. The molecule has 0 aliphatic carbocycles. The number of hydrogen-bond acceptors (Lipinski definition) is 4. The fourth-order valence-corrected chi connectivity index (χ4v) is 2.11. The Balaban J connectivity index is 2.46. The second-order valence-corrected chi connectivity index (χ2v) is 5.43. The summed E-state index contributed by atoms with van der Waals surface area (Å²) in [7, 11) is 0. The number of nitro groups is 1. The molecule has 0 atom stereocenters. The Hall–Kier alpha value is -2.40. The van der Waals surface area contributed by atoms with E-state index in [0.717, 1.165) is 9.13 Å². The van der Waals surface area contributed by atoms with E-state index < -0.39 is 10.7 Å². The van der Waals surface area contributed by atoms with Crippen LogP contribution in [0.2, 0.25) is 0 Å². The summed E-state index contributed by atoms with van der Waals surface area (Å²) in [5.74, 6) is -0.398. The van der Waals surface area contributed by atoms with Crippen LogP contribution in [0.4, 0.5) is 5.69 Å². The van der Waals surface area contributed by atoms with Crippen LogP contribution in [0.5, 0.6) is 5.75 Å². The van der Waals surface area contributed by atoms with E-state index >= 15 is 0 Å². The van der Waals surface area contributed by atoms with Gasteiger partial charge in [-0.2, -0.15) is 5.26 Å². The molecular formula is C15H9IN2O3. The molecule has 21 heavy (non-hydrogen) atoms. The molecule has 0 bridgehead atoms. The maximum Gasteiger partial charge on any atom is 0.311 e. The number of nitro benzene ring substituents is 1. The molecule has 104 valence electrons. The molecule has 1 N–H and O–H groups in total. The lowest BCUT2D eigenvalue weighted by Crippen LogP contribution is -1.89. The van der Waals surface area contributed by atoms with Gasteiger partial charge in [0.25, 0.3) is 0 Å². The van der Waals surface area contributed by atoms with E-state index in [4.69, 9.17) is 0 Å². The average molecular weight is 392 g/mol. The van der Waals surface area contributed by atoms with Gasteiger partial charge in [0.2, 0.25) is 0 Å². The van der Waals surface area contributed by atoms with Crippen molar-refractivity contribution in [2.75, 3.05) is 0 Å². The maximum absolute atomic E-state index is 10.8. The van der Waals surface area contributed by atoms with Crippen LogP contribution in [0, 0.1) is 25.0 Å². The molecule has 0 amide bonds. The first-order chi connectivity index (χ1) is 10.0. The van der Waals surface area contributed by atoms with E-state index in [1.54, 1.807) is 6.08 Å². The summed E-state index contributed by atoms with van der Waals surface area (Å²) < 4.78 is 1.05. The molecule has 0 radical (unpaired) electrons. The minimum Gasteiger partial charge on any atom is -0.502 e.